The first kappa shape index (κ1) is 15.2. The molecule has 5 heteroatoms. The van der Waals surface area contributed by atoms with Gasteiger partial charge in [0.25, 0.3) is 0 Å². The normalized spacial score (nSPS) is 15.8. The summed E-state index contributed by atoms with van der Waals surface area (Å²) in [5, 5.41) is 6.26. The predicted octanol–water partition coefficient (Wildman–Crippen LogP) is 2.37. The molecular formula is C15H22N2O2S. The standard InChI is InChI=1S/C15H22N2O2S/c1-19-14-5-3-2-4-13(14)17-15(18)11-20-10-12-6-8-16-9-7-12/h2-5,12,16H,6-11H2,1H3,(H,17,18). The second-order valence-electron chi connectivity index (χ2n) is 4.96. The van der Waals surface area contributed by atoms with Crippen molar-refractivity contribution in [2.75, 3.05) is 37.0 Å². The van der Waals surface area contributed by atoms with Crippen molar-refractivity contribution in [2.45, 2.75) is 12.8 Å². The highest BCUT2D eigenvalue weighted by molar-refractivity contribution is 7.99. The van der Waals surface area contributed by atoms with E-state index in [4.69, 9.17) is 4.74 Å². The van der Waals surface area contributed by atoms with Crippen LogP contribution in [0.15, 0.2) is 24.3 Å². The van der Waals surface area contributed by atoms with Gasteiger partial charge in [-0.25, -0.2) is 0 Å². The summed E-state index contributed by atoms with van der Waals surface area (Å²) in [5.74, 6) is 3.06. The molecule has 0 unspecified atom stereocenters. The molecule has 1 aliphatic heterocycles. The maximum atomic E-state index is 11.9. The molecule has 1 fully saturated rings. The number of ether oxygens (including phenoxy) is 1. The molecule has 0 spiro atoms. The van der Waals surface area contributed by atoms with E-state index in [9.17, 15) is 4.79 Å². The molecule has 0 aliphatic carbocycles. The van der Waals surface area contributed by atoms with E-state index in [1.54, 1.807) is 18.9 Å². The van der Waals surface area contributed by atoms with Crippen LogP contribution in [0, 0.1) is 5.92 Å². The minimum atomic E-state index is 0.0356. The van der Waals surface area contributed by atoms with Crippen LogP contribution in [0.3, 0.4) is 0 Å². The van der Waals surface area contributed by atoms with Gasteiger partial charge in [0.2, 0.25) is 5.91 Å². The lowest BCUT2D eigenvalue weighted by Crippen LogP contribution is -2.29. The number of hydrogen-bond acceptors (Lipinski definition) is 4. The number of anilines is 1. The van der Waals surface area contributed by atoms with Crippen LogP contribution >= 0.6 is 11.8 Å². The van der Waals surface area contributed by atoms with Crippen LogP contribution in [-0.4, -0.2) is 37.6 Å². The zero-order valence-corrected chi connectivity index (χ0v) is 12.7. The highest BCUT2D eigenvalue weighted by atomic mass is 32.2. The van der Waals surface area contributed by atoms with Crippen LogP contribution in [0.25, 0.3) is 0 Å². The first-order valence-corrected chi connectivity index (χ1v) is 8.16. The average molecular weight is 294 g/mol. The Bertz CT molecular complexity index is 434. The van der Waals surface area contributed by atoms with Gasteiger partial charge >= 0.3 is 0 Å². The van der Waals surface area contributed by atoms with E-state index in [0.717, 1.165) is 30.4 Å². The smallest absolute Gasteiger partial charge is 0.234 e. The zero-order chi connectivity index (χ0) is 14.2. The van der Waals surface area contributed by atoms with Crippen LogP contribution in [0.4, 0.5) is 5.69 Å². The summed E-state index contributed by atoms with van der Waals surface area (Å²) in [6, 6.07) is 7.48. The number of nitrogens with one attached hydrogen (secondary N) is 2. The van der Waals surface area contributed by atoms with Crippen molar-refractivity contribution >= 4 is 23.4 Å². The van der Waals surface area contributed by atoms with Crippen molar-refractivity contribution in [3.05, 3.63) is 24.3 Å². The average Bonchev–Trinajstić information content (AvgIpc) is 2.49. The molecule has 1 aromatic rings. The number of carbonyl (C=O) groups excluding carboxylic acids is 1. The summed E-state index contributed by atoms with van der Waals surface area (Å²) >= 11 is 1.72. The summed E-state index contributed by atoms with van der Waals surface area (Å²) in [7, 11) is 1.61. The Balaban J connectivity index is 1.72. The molecule has 0 saturated carbocycles. The van der Waals surface area contributed by atoms with Gasteiger partial charge in [-0.15, -0.1) is 0 Å². The van der Waals surface area contributed by atoms with Crippen LogP contribution < -0.4 is 15.4 Å². The molecule has 2 N–H and O–H groups in total. The number of rotatable bonds is 6. The monoisotopic (exact) mass is 294 g/mol. The number of para-hydroxylation sites is 2. The topological polar surface area (TPSA) is 50.4 Å². The van der Waals surface area contributed by atoms with Crippen molar-refractivity contribution in [1.82, 2.24) is 5.32 Å². The Morgan fingerprint density at radius 3 is 2.90 bits per heavy atom. The van der Waals surface area contributed by atoms with E-state index in [1.165, 1.54) is 12.8 Å². The Morgan fingerprint density at radius 1 is 1.40 bits per heavy atom. The van der Waals surface area contributed by atoms with Gasteiger partial charge in [-0.05, 0) is 49.7 Å². The van der Waals surface area contributed by atoms with Gasteiger partial charge in [0.05, 0.1) is 18.6 Å². The summed E-state index contributed by atoms with van der Waals surface area (Å²) in [6.07, 6.45) is 2.45. The summed E-state index contributed by atoms with van der Waals surface area (Å²) < 4.78 is 5.22. The fourth-order valence-electron chi connectivity index (χ4n) is 2.30. The van der Waals surface area contributed by atoms with Crippen molar-refractivity contribution in [3.63, 3.8) is 0 Å². The van der Waals surface area contributed by atoms with Gasteiger partial charge in [-0.3, -0.25) is 4.79 Å². The number of benzene rings is 1. The largest absolute Gasteiger partial charge is 0.495 e. The predicted molar refractivity (Wildman–Crippen MR) is 84.5 cm³/mol. The van der Waals surface area contributed by atoms with E-state index < -0.39 is 0 Å². The van der Waals surface area contributed by atoms with E-state index >= 15 is 0 Å². The number of piperidine rings is 1. The molecule has 0 atom stereocenters. The van der Waals surface area contributed by atoms with E-state index in [1.807, 2.05) is 24.3 Å². The molecule has 1 saturated heterocycles. The fraction of sp³-hybridized carbons (Fsp3) is 0.533. The second-order valence-corrected chi connectivity index (χ2v) is 5.99. The van der Waals surface area contributed by atoms with Gasteiger partial charge in [-0.2, -0.15) is 11.8 Å². The maximum Gasteiger partial charge on any atom is 0.234 e. The van der Waals surface area contributed by atoms with Gasteiger partial charge in [-0.1, -0.05) is 12.1 Å². The van der Waals surface area contributed by atoms with Crippen LogP contribution in [0.2, 0.25) is 0 Å². The summed E-state index contributed by atoms with van der Waals surface area (Å²) in [5.41, 5.74) is 0.738. The van der Waals surface area contributed by atoms with E-state index in [2.05, 4.69) is 10.6 Å². The van der Waals surface area contributed by atoms with E-state index in [-0.39, 0.29) is 5.91 Å². The third-order valence-electron chi connectivity index (χ3n) is 3.43. The van der Waals surface area contributed by atoms with Gasteiger partial charge in [0, 0.05) is 0 Å². The first-order valence-electron chi connectivity index (χ1n) is 7.01. The Labute approximate surface area is 124 Å². The molecule has 0 aromatic heterocycles. The Kier molecular flexibility index (Phi) is 6.21. The van der Waals surface area contributed by atoms with Crippen molar-refractivity contribution < 1.29 is 9.53 Å². The summed E-state index contributed by atoms with van der Waals surface area (Å²) in [6.45, 7) is 2.22. The molecule has 110 valence electrons. The molecule has 20 heavy (non-hydrogen) atoms. The highest BCUT2D eigenvalue weighted by Gasteiger charge is 2.14. The minimum Gasteiger partial charge on any atom is -0.495 e. The van der Waals surface area contributed by atoms with Gasteiger partial charge in [0.1, 0.15) is 5.75 Å². The number of amides is 1. The second kappa shape index (κ2) is 8.17. The van der Waals surface area contributed by atoms with Crippen molar-refractivity contribution in [2.24, 2.45) is 5.92 Å². The molecule has 1 amide bonds. The molecule has 4 nitrogen and oxygen atoms in total. The van der Waals surface area contributed by atoms with Crippen molar-refractivity contribution in [1.29, 1.82) is 0 Å². The summed E-state index contributed by atoms with van der Waals surface area (Å²) in [4.78, 5) is 11.9. The molecule has 1 heterocycles. The lowest BCUT2D eigenvalue weighted by molar-refractivity contribution is -0.113. The zero-order valence-electron chi connectivity index (χ0n) is 11.9. The quantitative estimate of drug-likeness (QED) is 0.846. The SMILES string of the molecule is COc1ccccc1NC(=O)CSCC1CCNCC1. The van der Waals surface area contributed by atoms with Crippen LogP contribution in [0.1, 0.15) is 12.8 Å². The molecule has 0 radical (unpaired) electrons. The molecule has 0 bridgehead atoms. The first-order chi connectivity index (χ1) is 9.79. The molecule has 2 rings (SSSR count). The lowest BCUT2D eigenvalue weighted by atomic mass is 10.0. The fourth-order valence-corrected chi connectivity index (χ4v) is 3.34. The number of thioether (sulfide) groups is 1. The Hall–Kier alpha value is -1.20. The Morgan fingerprint density at radius 2 is 2.15 bits per heavy atom. The highest BCUT2D eigenvalue weighted by Crippen LogP contribution is 2.23. The third kappa shape index (κ3) is 4.72. The lowest BCUT2D eigenvalue weighted by Gasteiger charge is -2.21. The third-order valence-corrected chi connectivity index (χ3v) is 4.60. The molecule has 1 aliphatic rings. The minimum absolute atomic E-state index is 0.0356. The van der Waals surface area contributed by atoms with Crippen LogP contribution in [0.5, 0.6) is 5.75 Å². The van der Waals surface area contributed by atoms with Crippen LogP contribution in [-0.2, 0) is 4.79 Å². The number of carbonyl (C=O) groups is 1. The number of methoxy groups -OCH3 is 1. The molecular weight excluding hydrogens is 272 g/mol. The maximum absolute atomic E-state index is 11.9. The molecule has 1 aromatic carbocycles. The van der Waals surface area contributed by atoms with Crippen molar-refractivity contribution in [3.8, 4) is 5.75 Å². The number of hydrogen-bond donors (Lipinski definition) is 2. The van der Waals surface area contributed by atoms with Gasteiger partial charge < -0.3 is 15.4 Å². The van der Waals surface area contributed by atoms with E-state index in [0.29, 0.717) is 11.5 Å². The van der Waals surface area contributed by atoms with Gasteiger partial charge in [0.15, 0.2) is 0 Å².